The van der Waals surface area contributed by atoms with Crippen LogP contribution in [0.1, 0.15) is 13.8 Å². The first-order valence-corrected chi connectivity index (χ1v) is 4.76. The van der Waals surface area contributed by atoms with Gasteiger partial charge in [0, 0.05) is 5.75 Å². The fourth-order valence-corrected chi connectivity index (χ4v) is 2.31. The minimum absolute atomic E-state index is 0.316. The molecule has 0 radical (unpaired) electrons. The summed E-state index contributed by atoms with van der Waals surface area (Å²) in [7, 11) is 0. The average molecular weight is 175 g/mol. The van der Waals surface area contributed by atoms with Crippen molar-refractivity contribution in [1.82, 2.24) is 5.32 Å². The number of hydrogen-bond donors (Lipinski definition) is 2. The van der Waals surface area contributed by atoms with Gasteiger partial charge in [-0.2, -0.15) is 0 Å². The first-order chi connectivity index (χ1) is 5.11. The summed E-state index contributed by atoms with van der Waals surface area (Å²) < 4.78 is 0. The van der Waals surface area contributed by atoms with Crippen LogP contribution in [0.5, 0.6) is 0 Å². The summed E-state index contributed by atoms with van der Waals surface area (Å²) in [5.74, 6) is 0.461. The van der Waals surface area contributed by atoms with E-state index in [1.807, 2.05) is 0 Å². The van der Waals surface area contributed by atoms with Gasteiger partial charge in [-0.15, -0.1) is 11.8 Å². The Morgan fingerprint density at radius 1 is 1.73 bits per heavy atom. The van der Waals surface area contributed by atoms with Crippen molar-refractivity contribution in [3.05, 3.63) is 0 Å². The van der Waals surface area contributed by atoms with Crippen molar-refractivity contribution in [2.45, 2.75) is 25.3 Å². The summed E-state index contributed by atoms with van der Waals surface area (Å²) in [6.45, 7) is 4.18. The molecule has 0 saturated carbocycles. The minimum atomic E-state index is -0.736. The fourth-order valence-electron chi connectivity index (χ4n) is 1.02. The Morgan fingerprint density at radius 3 is 2.64 bits per heavy atom. The molecule has 0 aromatic rings. The summed E-state index contributed by atoms with van der Waals surface area (Å²) in [5.41, 5.74) is 0. The molecule has 1 aliphatic heterocycles. The third-order valence-corrected chi connectivity index (χ3v) is 3.28. The molecule has 4 heteroatoms. The molecule has 11 heavy (non-hydrogen) atoms. The van der Waals surface area contributed by atoms with E-state index < -0.39 is 5.97 Å². The van der Waals surface area contributed by atoms with Crippen molar-refractivity contribution in [2.24, 2.45) is 5.92 Å². The summed E-state index contributed by atoms with van der Waals surface area (Å²) in [4.78, 5) is 10.5. The van der Waals surface area contributed by atoms with Gasteiger partial charge in [-0.1, -0.05) is 13.8 Å². The Labute approximate surface area is 70.6 Å². The van der Waals surface area contributed by atoms with E-state index in [0.29, 0.717) is 17.0 Å². The summed E-state index contributed by atoms with van der Waals surface area (Å²) in [6.07, 6.45) is 0. The summed E-state index contributed by atoms with van der Waals surface area (Å²) in [6, 6.07) is -0.340. The zero-order valence-electron chi connectivity index (χ0n) is 6.70. The number of carboxylic acid groups (broad SMARTS) is 1. The van der Waals surface area contributed by atoms with Crippen LogP contribution in [0.15, 0.2) is 0 Å². The average Bonchev–Trinajstić information content (AvgIpc) is 2.33. The van der Waals surface area contributed by atoms with Crippen LogP contribution in [0, 0.1) is 5.92 Å². The zero-order chi connectivity index (χ0) is 8.43. The van der Waals surface area contributed by atoms with E-state index in [-0.39, 0.29) is 6.04 Å². The SMILES string of the molecule is CC(C)[C@@H]1N[C@@H](C(=O)O)CS1. The lowest BCUT2D eigenvalue weighted by atomic mass is 10.2. The Balaban J connectivity index is 2.41. The predicted octanol–water partition coefficient (Wildman–Crippen LogP) is 0.758. The van der Waals surface area contributed by atoms with Crippen molar-refractivity contribution >= 4 is 17.7 Å². The minimum Gasteiger partial charge on any atom is -0.480 e. The summed E-state index contributed by atoms with van der Waals surface area (Å²) in [5, 5.41) is 12.0. The van der Waals surface area contributed by atoms with E-state index in [9.17, 15) is 4.79 Å². The van der Waals surface area contributed by atoms with Gasteiger partial charge in [0.2, 0.25) is 0 Å². The van der Waals surface area contributed by atoms with E-state index >= 15 is 0 Å². The van der Waals surface area contributed by atoms with Crippen molar-refractivity contribution in [3.8, 4) is 0 Å². The van der Waals surface area contributed by atoms with E-state index in [1.165, 1.54) is 0 Å². The quantitative estimate of drug-likeness (QED) is 0.650. The Bertz CT molecular complexity index is 161. The number of carboxylic acids is 1. The second-order valence-electron chi connectivity index (χ2n) is 3.06. The number of hydrogen-bond acceptors (Lipinski definition) is 3. The molecule has 0 aromatic heterocycles. The maximum absolute atomic E-state index is 10.5. The number of aliphatic carboxylic acids is 1. The lowest BCUT2D eigenvalue weighted by Gasteiger charge is -2.13. The molecule has 0 aliphatic carbocycles. The molecule has 0 unspecified atom stereocenters. The van der Waals surface area contributed by atoms with Crippen LogP contribution in [-0.4, -0.2) is 28.2 Å². The monoisotopic (exact) mass is 175 g/mol. The van der Waals surface area contributed by atoms with Gasteiger partial charge in [0.05, 0.1) is 5.37 Å². The molecule has 1 rings (SSSR count). The first-order valence-electron chi connectivity index (χ1n) is 3.71. The van der Waals surface area contributed by atoms with E-state index in [1.54, 1.807) is 11.8 Å². The maximum atomic E-state index is 10.5. The van der Waals surface area contributed by atoms with Gasteiger partial charge in [-0.25, -0.2) is 0 Å². The third kappa shape index (κ3) is 2.10. The van der Waals surface area contributed by atoms with Gasteiger partial charge >= 0.3 is 5.97 Å². The van der Waals surface area contributed by atoms with E-state index in [2.05, 4.69) is 19.2 Å². The second-order valence-corrected chi connectivity index (χ2v) is 4.23. The Morgan fingerprint density at radius 2 is 2.36 bits per heavy atom. The van der Waals surface area contributed by atoms with Crippen LogP contribution >= 0.6 is 11.8 Å². The molecule has 0 bridgehead atoms. The highest BCUT2D eigenvalue weighted by Crippen LogP contribution is 2.24. The van der Waals surface area contributed by atoms with Gasteiger partial charge in [-0.05, 0) is 5.92 Å². The number of carbonyl (C=O) groups is 1. The molecule has 1 fully saturated rings. The fraction of sp³-hybridized carbons (Fsp3) is 0.857. The molecular formula is C7H13NO2S. The molecule has 1 saturated heterocycles. The topological polar surface area (TPSA) is 49.3 Å². The maximum Gasteiger partial charge on any atom is 0.321 e. The molecule has 1 aliphatic rings. The molecule has 1 heterocycles. The van der Waals surface area contributed by atoms with Crippen molar-refractivity contribution in [3.63, 3.8) is 0 Å². The normalized spacial score (nSPS) is 31.2. The van der Waals surface area contributed by atoms with E-state index in [0.717, 1.165) is 0 Å². The molecule has 3 nitrogen and oxygen atoms in total. The van der Waals surface area contributed by atoms with Crippen LogP contribution in [-0.2, 0) is 4.79 Å². The van der Waals surface area contributed by atoms with Crippen molar-refractivity contribution < 1.29 is 9.90 Å². The highest BCUT2D eigenvalue weighted by atomic mass is 32.2. The largest absolute Gasteiger partial charge is 0.480 e. The smallest absolute Gasteiger partial charge is 0.321 e. The molecule has 0 spiro atoms. The first kappa shape index (κ1) is 8.87. The highest BCUT2D eigenvalue weighted by Gasteiger charge is 2.30. The molecule has 2 atom stereocenters. The number of thioether (sulfide) groups is 1. The Hall–Kier alpha value is -0.220. The van der Waals surface area contributed by atoms with Crippen LogP contribution in [0.25, 0.3) is 0 Å². The van der Waals surface area contributed by atoms with E-state index in [4.69, 9.17) is 5.11 Å². The zero-order valence-corrected chi connectivity index (χ0v) is 7.52. The molecule has 64 valence electrons. The van der Waals surface area contributed by atoms with Gasteiger partial charge in [0.15, 0.2) is 0 Å². The van der Waals surface area contributed by atoms with Crippen LogP contribution in [0.2, 0.25) is 0 Å². The lowest BCUT2D eigenvalue weighted by Crippen LogP contribution is -2.38. The highest BCUT2D eigenvalue weighted by molar-refractivity contribution is 8.00. The van der Waals surface area contributed by atoms with Crippen molar-refractivity contribution in [2.75, 3.05) is 5.75 Å². The lowest BCUT2D eigenvalue weighted by molar-refractivity contribution is -0.138. The molecule has 2 N–H and O–H groups in total. The van der Waals surface area contributed by atoms with Crippen molar-refractivity contribution in [1.29, 1.82) is 0 Å². The third-order valence-electron chi connectivity index (χ3n) is 1.71. The number of nitrogens with one attached hydrogen (secondary N) is 1. The predicted molar refractivity (Wildman–Crippen MR) is 45.6 cm³/mol. The van der Waals surface area contributed by atoms with Gasteiger partial charge in [0.1, 0.15) is 6.04 Å². The van der Waals surface area contributed by atoms with Crippen LogP contribution < -0.4 is 5.32 Å². The second kappa shape index (κ2) is 3.45. The van der Waals surface area contributed by atoms with Crippen LogP contribution in [0.3, 0.4) is 0 Å². The standard InChI is InChI=1S/C7H13NO2S/c1-4(2)6-8-5(3-11-6)7(9)10/h4-6,8H,3H2,1-2H3,(H,9,10)/t5-,6-/m1/s1. The van der Waals surface area contributed by atoms with Crippen LogP contribution in [0.4, 0.5) is 0 Å². The van der Waals surface area contributed by atoms with Gasteiger partial charge < -0.3 is 5.11 Å². The molecule has 0 aromatic carbocycles. The Kier molecular flexibility index (Phi) is 2.78. The van der Waals surface area contributed by atoms with Gasteiger partial charge in [0.25, 0.3) is 0 Å². The molecule has 0 amide bonds. The summed E-state index contributed by atoms with van der Waals surface area (Å²) >= 11 is 1.69. The molecular weight excluding hydrogens is 162 g/mol. The van der Waals surface area contributed by atoms with Gasteiger partial charge in [-0.3, -0.25) is 10.1 Å². The number of rotatable bonds is 2.